The van der Waals surface area contributed by atoms with E-state index in [4.69, 9.17) is 16.6 Å². The van der Waals surface area contributed by atoms with Gasteiger partial charge >= 0.3 is 5.69 Å². The molecule has 3 aromatic rings. The van der Waals surface area contributed by atoms with Gasteiger partial charge in [0.1, 0.15) is 12.5 Å². The van der Waals surface area contributed by atoms with E-state index in [-0.39, 0.29) is 29.5 Å². The summed E-state index contributed by atoms with van der Waals surface area (Å²) in [6.07, 6.45) is 6.70. The normalized spacial score (nSPS) is 22.5. The number of fused-ring (bicyclic) bond motifs is 3. The highest BCUT2D eigenvalue weighted by molar-refractivity contribution is 6.36. The van der Waals surface area contributed by atoms with Crippen molar-refractivity contribution in [1.82, 2.24) is 19.4 Å². The number of carbonyl (C=O) groups excluding carboxylic acids is 1. The Morgan fingerprint density at radius 1 is 1.15 bits per heavy atom. The van der Waals surface area contributed by atoms with E-state index in [1.54, 1.807) is 4.90 Å². The van der Waals surface area contributed by atoms with Crippen LogP contribution >= 0.6 is 11.6 Å². The Labute approximate surface area is 273 Å². The van der Waals surface area contributed by atoms with Crippen LogP contribution < -0.4 is 15.5 Å². The maximum Gasteiger partial charge on any atom is 0.349 e. The zero-order valence-electron chi connectivity index (χ0n) is 26.2. The number of benzene rings is 2. The third kappa shape index (κ3) is 5.43. The number of halogens is 2. The van der Waals surface area contributed by atoms with Gasteiger partial charge in [-0.05, 0) is 62.9 Å². The number of nitrogens with zero attached hydrogens (tertiary/aromatic N) is 7. The Hall–Kier alpha value is -3.94. The van der Waals surface area contributed by atoms with Crippen LogP contribution in [0.2, 0.25) is 5.02 Å². The fraction of sp³-hybridized carbons (Fsp3) is 0.486. The van der Waals surface area contributed by atoms with E-state index in [2.05, 4.69) is 52.1 Å². The average Bonchev–Trinajstić information content (AvgIpc) is 3.70. The van der Waals surface area contributed by atoms with Crippen LogP contribution in [0.4, 0.5) is 15.9 Å². The number of allylic oxidation sites excluding steroid dienone is 1. The molecule has 2 aromatic carbocycles. The molecule has 0 N–H and O–H groups in total. The van der Waals surface area contributed by atoms with Crippen molar-refractivity contribution in [1.29, 1.82) is 5.26 Å². The molecule has 1 aliphatic carbocycles. The standard InChI is InChI=1S/C35H39ClFN7O2/c1-40-17-5-8-25(40)21-44-29-22-42(28-10-3-7-24-6-2-9-27(36)31(24)28)23-35(13-14-35)32(29)33(39-34(44)46)41-18-19-43(26(20-41)12-16-38)30(45)11-4-15-37/h2-4,6-7,9-11,25-26H,5,8,12-15,17-23H2,1H3/b11-4+/t25-,26-/m0/s1. The molecule has 46 heavy (non-hydrogen) atoms. The highest BCUT2D eigenvalue weighted by Crippen LogP contribution is 2.56. The van der Waals surface area contributed by atoms with E-state index in [0.29, 0.717) is 43.6 Å². The summed E-state index contributed by atoms with van der Waals surface area (Å²) in [5, 5.41) is 12.4. The molecule has 7 rings (SSSR count). The second-order valence-electron chi connectivity index (χ2n) is 13.2. The van der Waals surface area contributed by atoms with Crippen LogP contribution in [-0.2, 0) is 23.3 Å². The van der Waals surface area contributed by atoms with Crippen LogP contribution in [0.25, 0.3) is 10.8 Å². The van der Waals surface area contributed by atoms with Gasteiger partial charge in [0.15, 0.2) is 0 Å². The molecular weight excluding hydrogens is 605 g/mol. The van der Waals surface area contributed by atoms with Crippen molar-refractivity contribution in [2.45, 2.75) is 62.7 Å². The number of anilines is 2. The van der Waals surface area contributed by atoms with Gasteiger partial charge in [-0.3, -0.25) is 9.36 Å². The monoisotopic (exact) mass is 643 g/mol. The number of hydrogen-bond donors (Lipinski definition) is 0. The zero-order valence-corrected chi connectivity index (χ0v) is 26.9. The maximum atomic E-state index is 14.1. The molecule has 1 aromatic heterocycles. The molecule has 9 nitrogen and oxygen atoms in total. The second-order valence-corrected chi connectivity index (χ2v) is 13.6. The van der Waals surface area contributed by atoms with Gasteiger partial charge < -0.3 is 19.6 Å². The molecule has 2 saturated heterocycles. The van der Waals surface area contributed by atoms with Crippen LogP contribution in [0.1, 0.15) is 43.4 Å². The molecule has 1 amide bonds. The summed E-state index contributed by atoms with van der Waals surface area (Å²) in [6.45, 7) is 3.45. The third-order valence-electron chi connectivity index (χ3n) is 10.5. The molecule has 240 valence electrons. The first kappa shape index (κ1) is 30.7. The number of likely N-dealkylation sites (N-methyl/N-ethyl adjacent to an activating group) is 1. The first-order valence-corrected chi connectivity index (χ1v) is 16.6. The van der Waals surface area contributed by atoms with Crippen LogP contribution in [0.3, 0.4) is 0 Å². The number of amides is 1. The van der Waals surface area contributed by atoms with Gasteiger partial charge in [-0.2, -0.15) is 10.2 Å². The number of rotatable bonds is 7. The maximum absolute atomic E-state index is 14.1. The summed E-state index contributed by atoms with van der Waals surface area (Å²) in [7, 11) is 2.13. The molecule has 4 heterocycles. The predicted molar refractivity (Wildman–Crippen MR) is 178 cm³/mol. The third-order valence-corrected chi connectivity index (χ3v) is 10.8. The fourth-order valence-corrected chi connectivity index (χ4v) is 8.22. The first-order chi connectivity index (χ1) is 22.3. The van der Waals surface area contributed by atoms with Gasteiger partial charge in [0.25, 0.3) is 0 Å². The van der Waals surface area contributed by atoms with Crippen LogP contribution in [0, 0.1) is 11.3 Å². The van der Waals surface area contributed by atoms with Gasteiger partial charge in [-0.15, -0.1) is 0 Å². The Morgan fingerprint density at radius 3 is 2.67 bits per heavy atom. The van der Waals surface area contributed by atoms with Gasteiger partial charge in [0.05, 0.1) is 30.1 Å². The van der Waals surface area contributed by atoms with Gasteiger partial charge in [0, 0.05) is 72.6 Å². The van der Waals surface area contributed by atoms with E-state index in [0.717, 1.165) is 66.5 Å². The van der Waals surface area contributed by atoms with Crippen LogP contribution in [0.5, 0.6) is 0 Å². The molecule has 2 atom stereocenters. The average molecular weight is 644 g/mol. The van der Waals surface area contributed by atoms with Crippen LogP contribution in [0.15, 0.2) is 53.3 Å². The minimum absolute atomic E-state index is 0.139. The minimum atomic E-state index is -0.721. The molecule has 0 bridgehead atoms. The number of hydrogen-bond acceptors (Lipinski definition) is 7. The highest BCUT2D eigenvalue weighted by atomic mass is 35.5. The summed E-state index contributed by atoms with van der Waals surface area (Å²) < 4.78 is 14.7. The lowest BCUT2D eigenvalue weighted by molar-refractivity contribution is -0.128. The molecule has 3 aliphatic heterocycles. The summed E-state index contributed by atoms with van der Waals surface area (Å²) in [5.41, 5.74) is 2.78. The Morgan fingerprint density at radius 2 is 1.96 bits per heavy atom. The summed E-state index contributed by atoms with van der Waals surface area (Å²) in [4.78, 5) is 40.3. The summed E-state index contributed by atoms with van der Waals surface area (Å²) >= 11 is 6.80. The highest BCUT2D eigenvalue weighted by Gasteiger charge is 2.53. The Balaban J connectivity index is 1.32. The smallest absolute Gasteiger partial charge is 0.349 e. The SMILES string of the molecule is CN1CCC[C@H]1Cn1c2c(c(N3CCN(C(=O)/C=C/CF)[C@@H](CC#N)C3)nc1=O)C1(CC1)CN(c1cccc3cccc(Cl)c13)C2. The molecule has 1 saturated carbocycles. The van der Waals surface area contributed by atoms with E-state index in [1.165, 1.54) is 12.2 Å². The molecular formula is C35H39ClFN7O2. The van der Waals surface area contributed by atoms with Crippen molar-refractivity contribution in [3.05, 3.63) is 75.3 Å². The lowest BCUT2D eigenvalue weighted by Crippen LogP contribution is -2.56. The first-order valence-electron chi connectivity index (χ1n) is 16.2. The van der Waals surface area contributed by atoms with Gasteiger partial charge in [0.2, 0.25) is 5.91 Å². The second kappa shape index (κ2) is 12.3. The van der Waals surface area contributed by atoms with E-state index >= 15 is 0 Å². The number of aromatic nitrogens is 2. The van der Waals surface area contributed by atoms with Crippen molar-refractivity contribution in [3.63, 3.8) is 0 Å². The lowest BCUT2D eigenvalue weighted by atomic mass is 9.88. The van der Waals surface area contributed by atoms with Crippen molar-refractivity contribution >= 4 is 39.8 Å². The van der Waals surface area contributed by atoms with E-state index in [9.17, 15) is 19.2 Å². The van der Waals surface area contributed by atoms with Crippen LogP contribution in [-0.4, -0.2) is 83.8 Å². The molecule has 4 aliphatic rings. The van der Waals surface area contributed by atoms with Gasteiger partial charge in [-0.1, -0.05) is 35.9 Å². The zero-order chi connectivity index (χ0) is 32.0. The van der Waals surface area contributed by atoms with Crippen molar-refractivity contribution in [2.75, 3.05) is 56.2 Å². The molecule has 3 fully saturated rings. The predicted octanol–water partition coefficient (Wildman–Crippen LogP) is 4.65. The Bertz CT molecular complexity index is 1790. The Kier molecular flexibility index (Phi) is 8.24. The van der Waals surface area contributed by atoms with Gasteiger partial charge in [-0.25, -0.2) is 9.18 Å². The number of nitriles is 1. The van der Waals surface area contributed by atoms with Crippen molar-refractivity contribution < 1.29 is 9.18 Å². The fourth-order valence-electron chi connectivity index (χ4n) is 7.94. The quantitative estimate of drug-likeness (QED) is 0.346. The molecule has 0 radical (unpaired) electrons. The molecule has 11 heteroatoms. The minimum Gasteiger partial charge on any atom is -0.364 e. The van der Waals surface area contributed by atoms with E-state index in [1.807, 2.05) is 16.7 Å². The summed E-state index contributed by atoms with van der Waals surface area (Å²) in [5.74, 6) is 0.394. The summed E-state index contributed by atoms with van der Waals surface area (Å²) in [6, 6.07) is 14.4. The topological polar surface area (TPSA) is 88.7 Å². The van der Waals surface area contributed by atoms with Crippen molar-refractivity contribution in [2.24, 2.45) is 0 Å². The largest absolute Gasteiger partial charge is 0.364 e. The number of alkyl halides is 1. The molecule has 1 spiro atoms. The van der Waals surface area contributed by atoms with E-state index < -0.39 is 12.7 Å². The number of piperazine rings is 1. The molecule has 0 unspecified atom stereocenters. The van der Waals surface area contributed by atoms with Crippen molar-refractivity contribution in [3.8, 4) is 6.07 Å². The lowest BCUT2D eigenvalue weighted by Gasteiger charge is -2.44. The number of likely N-dealkylation sites (tertiary alicyclic amines) is 1. The number of carbonyl (C=O) groups is 1.